The Balaban J connectivity index is 1.85. The summed E-state index contributed by atoms with van der Waals surface area (Å²) in [5.74, 6) is 0.797. The molecule has 0 aromatic rings. The van der Waals surface area contributed by atoms with E-state index in [0.29, 0.717) is 32.8 Å². The van der Waals surface area contributed by atoms with Crippen LogP contribution in [0.25, 0.3) is 0 Å². The maximum absolute atomic E-state index is 12.0. The average Bonchev–Trinajstić information content (AvgIpc) is 3.05. The molecule has 0 aromatic heterocycles. The maximum atomic E-state index is 12.0. The van der Waals surface area contributed by atoms with E-state index in [1.165, 1.54) is 10.6 Å². The van der Waals surface area contributed by atoms with Crippen molar-refractivity contribution in [3.63, 3.8) is 0 Å². The molecule has 25 heavy (non-hydrogen) atoms. The lowest BCUT2D eigenvalue weighted by atomic mass is 9.98. The van der Waals surface area contributed by atoms with E-state index >= 15 is 0 Å². The molecule has 2 heterocycles. The highest BCUT2D eigenvalue weighted by Crippen LogP contribution is 2.20. The number of hydrogen-bond acceptors (Lipinski definition) is 5. The van der Waals surface area contributed by atoms with Crippen molar-refractivity contribution in [1.29, 1.82) is 0 Å². The SMILES string of the molecule is CCOC(=O)[C@H]1CCCN(C(=NC)NCC2CCN(S(C)(=O)=O)C2)C1. The molecule has 2 atom stereocenters. The molecule has 0 aliphatic carbocycles. The molecule has 2 fully saturated rings. The average molecular weight is 375 g/mol. The van der Waals surface area contributed by atoms with Gasteiger partial charge in [0.2, 0.25) is 10.0 Å². The van der Waals surface area contributed by atoms with Crippen LogP contribution >= 0.6 is 0 Å². The van der Waals surface area contributed by atoms with Crippen LogP contribution in [0.4, 0.5) is 0 Å². The van der Waals surface area contributed by atoms with Crippen LogP contribution in [0.15, 0.2) is 4.99 Å². The van der Waals surface area contributed by atoms with Gasteiger partial charge in [0.05, 0.1) is 18.8 Å². The van der Waals surface area contributed by atoms with Crippen molar-refractivity contribution in [3.05, 3.63) is 0 Å². The Morgan fingerprint density at radius 1 is 1.28 bits per heavy atom. The Kier molecular flexibility index (Phi) is 7.06. The molecule has 1 unspecified atom stereocenters. The van der Waals surface area contributed by atoms with Gasteiger partial charge in [-0.1, -0.05) is 0 Å². The van der Waals surface area contributed by atoms with Gasteiger partial charge in [-0.05, 0) is 32.1 Å². The lowest BCUT2D eigenvalue weighted by Gasteiger charge is -2.34. The van der Waals surface area contributed by atoms with Gasteiger partial charge in [-0.3, -0.25) is 9.79 Å². The third-order valence-electron chi connectivity index (χ3n) is 4.82. The molecular weight excluding hydrogens is 344 g/mol. The number of aliphatic imine (C=N–C) groups is 1. The number of ether oxygens (including phenoxy) is 1. The van der Waals surface area contributed by atoms with E-state index in [9.17, 15) is 13.2 Å². The van der Waals surface area contributed by atoms with E-state index in [4.69, 9.17) is 4.74 Å². The van der Waals surface area contributed by atoms with Gasteiger partial charge < -0.3 is 15.0 Å². The molecule has 8 nitrogen and oxygen atoms in total. The second kappa shape index (κ2) is 8.84. The Bertz CT molecular complexity index is 593. The van der Waals surface area contributed by atoms with Crippen molar-refractivity contribution in [2.24, 2.45) is 16.8 Å². The number of nitrogens with zero attached hydrogens (tertiary/aromatic N) is 3. The van der Waals surface area contributed by atoms with E-state index in [0.717, 1.165) is 31.8 Å². The highest BCUT2D eigenvalue weighted by molar-refractivity contribution is 7.88. The number of likely N-dealkylation sites (tertiary alicyclic amines) is 1. The standard InChI is InChI=1S/C16H30N4O4S/c1-4-24-15(21)14-6-5-8-19(12-14)16(17-2)18-10-13-7-9-20(11-13)25(3,22)23/h13-14H,4-12H2,1-3H3,(H,17,18)/t13?,14-/m0/s1. The third-order valence-corrected chi connectivity index (χ3v) is 6.09. The van der Waals surface area contributed by atoms with Gasteiger partial charge in [0.25, 0.3) is 0 Å². The number of carbonyl (C=O) groups is 1. The van der Waals surface area contributed by atoms with Crippen molar-refractivity contribution in [2.45, 2.75) is 26.2 Å². The summed E-state index contributed by atoms with van der Waals surface area (Å²) in [6.07, 6.45) is 3.88. The second-order valence-corrected chi connectivity index (χ2v) is 8.72. The smallest absolute Gasteiger partial charge is 0.310 e. The first-order valence-corrected chi connectivity index (χ1v) is 10.8. The fourth-order valence-electron chi connectivity index (χ4n) is 3.45. The van der Waals surface area contributed by atoms with Crippen LogP contribution < -0.4 is 5.32 Å². The van der Waals surface area contributed by atoms with Crippen molar-refractivity contribution in [1.82, 2.24) is 14.5 Å². The molecule has 144 valence electrons. The molecule has 2 aliphatic heterocycles. The predicted octanol–water partition coefficient (Wildman–Crippen LogP) is 0.118. The van der Waals surface area contributed by atoms with Crippen molar-refractivity contribution in [2.75, 3.05) is 52.6 Å². The zero-order valence-electron chi connectivity index (χ0n) is 15.4. The maximum Gasteiger partial charge on any atom is 0.310 e. The van der Waals surface area contributed by atoms with E-state index in [2.05, 4.69) is 15.2 Å². The first kappa shape index (κ1) is 20.0. The fraction of sp³-hybridized carbons (Fsp3) is 0.875. The van der Waals surface area contributed by atoms with E-state index in [1.807, 2.05) is 6.92 Å². The lowest BCUT2D eigenvalue weighted by molar-refractivity contribution is -0.149. The van der Waals surface area contributed by atoms with E-state index < -0.39 is 10.0 Å². The monoisotopic (exact) mass is 374 g/mol. The molecular formula is C16H30N4O4S. The van der Waals surface area contributed by atoms with E-state index in [1.54, 1.807) is 7.05 Å². The molecule has 0 aromatic carbocycles. The minimum atomic E-state index is -3.11. The molecule has 0 saturated carbocycles. The van der Waals surface area contributed by atoms with Gasteiger partial charge in [-0.2, -0.15) is 0 Å². The lowest BCUT2D eigenvalue weighted by Crippen LogP contribution is -2.49. The Morgan fingerprint density at radius 2 is 2.04 bits per heavy atom. The van der Waals surface area contributed by atoms with Crippen LogP contribution in [0.5, 0.6) is 0 Å². The molecule has 2 rings (SSSR count). The number of carbonyl (C=O) groups excluding carboxylic acids is 1. The Hall–Kier alpha value is -1.35. The largest absolute Gasteiger partial charge is 0.466 e. The van der Waals surface area contributed by atoms with Gasteiger partial charge >= 0.3 is 5.97 Å². The zero-order chi connectivity index (χ0) is 18.4. The normalized spacial score (nSPS) is 25.9. The summed E-state index contributed by atoms with van der Waals surface area (Å²) in [7, 11) is -1.38. The van der Waals surface area contributed by atoms with Crippen LogP contribution in [0.1, 0.15) is 26.2 Å². The Morgan fingerprint density at radius 3 is 2.64 bits per heavy atom. The Labute approximate surface area is 150 Å². The number of guanidine groups is 1. The van der Waals surface area contributed by atoms with Crippen molar-refractivity contribution >= 4 is 22.0 Å². The highest BCUT2D eigenvalue weighted by atomic mass is 32.2. The van der Waals surface area contributed by atoms with Gasteiger partial charge in [-0.25, -0.2) is 12.7 Å². The summed E-state index contributed by atoms with van der Waals surface area (Å²) < 4.78 is 29.9. The van der Waals surface area contributed by atoms with Gasteiger partial charge in [-0.15, -0.1) is 0 Å². The zero-order valence-corrected chi connectivity index (χ0v) is 16.2. The number of nitrogens with one attached hydrogen (secondary N) is 1. The molecule has 0 radical (unpaired) electrons. The first-order valence-electron chi connectivity index (χ1n) is 8.92. The van der Waals surface area contributed by atoms with Crippen LogP contribution in [-0.2, 0) is 19.6 Å². The molecule has 2 aliphatic rings. The number of sulfonamides is 1. The summed E-state index contributed by atoms with van der Waals surface area (Å²) in [6, 6.07) is 0. The van der Waals surface area contributed by atoms with Gasteiger partial charge in [0.15, 0.2) is 5.96 Å². The third kappa shape index (κ3) is 5.57. The summed E-state index contributed by atoms with van der Waals surface area (Å²) in [6.45, 7) is 5.50. The number of esters is 1. The summed E-state index contributed by atoms with van der Waals surface area (Å²) >= 11 is 0. The first-order chi connectivity index (χ1) is 11.8. The predicted molar refractivity (Wildman–Crippen MR) is 96.8 cm³/mol. The van der Waals surface area contributed by atoms with Crippen LogP contribution in [0.3, 0.4) is 0 Å². The number of hydrogen-bond donors (Lipinski definition) is 1. The molecule has 0 bridgehead atoms. The molecule has 2 saturated heterocycles. The number of rotatable bonds is 5. The summed E-state index contributed by atoms with van der Waals surface area (Å²) in [4.78, 5) is 18.4. The van der Waals surface area contributed by atoms with Crippen LogP contribution in [0, 0.1) is 11.8 Å². The minimum absolute atomic E-state index is 0.112. The summed E-state index contributed by atoms with van der Waals surface area (Å²) in [5, 5.41) is 3.35. The minimum Gasteiger partial charge on any atom is -0.466 e. The fourth-order valence-corrected chi connectivity index (χ4v) is 4.37. The van der Waals surface area contributed by atoms with E-state index in [-0.39, 0.29) is 17.8 Å². The van der Waals surface area contributed by atoms with Gasteiger partial charge in [0, 0.05) is 39.8 Å². The molecule has 1 N–H and O–H groups in total. The topological polar surface area (TPSA) is 91.3 Å². The molecule has 9 heteroatoms. The number of piperidine rings is 1. The summed E-state index contributed by atoms with van der Waals surface area (Å²) in [5.41, 5.74) is 0. The molecule has 0 amide bonds. The van der Waals surface area contributed by atoms with Gasteiger partial charge in [0.1, 0.15) is 0 Å². The highest BCUT2D eigenvalue weighted by Gasteiger charge is 2.31. The van der Waals surface area contributed by atoms with Crippen molar-refractivity contribution in [3.8, 4) is 0 Å². The molecule has 0 spiro atoms. The van der Waals surface area contributed by atoms with Crippen molar-refractivity contribution < 1.29 is 17.9 Å². The van der Waals surface area contributed by atoms with Crippen LogP contribution in [-0.4, -0.2) is 82.2 Å². The quantitative estimate of drug-likeness (QED) is 0.417. The van der Waals surface area contributed by atoms with Crippen LogP contribution in [0.2, 0.25) is 0 Å². The second-order valence-electron chi connectivity index (χ2n) is 6.74.